The SMILES string of the molecule is COc1ccc(CN(C(=O)COC(=O)/C=C/c2cc(Cl)c(OC)c(OC)c2)C2CC2)cc1. The average Bonchev–Trinajstić information content (AvgIpc) is 3.64. The van der Waals surface area contributed by atoms with Crippen LogP contribution >= 0.6 is 11.6 Å². The lowest BCUT2D eigenvalue weighted by atomic mass is 10.2. The molecule has 2 aromatic carbocycles. The molecule has 0 spiro atoms. The molecule has 0 unspecified atom stereocenters. The number of nitrogens with zero attached hydrogens (tertiary/aromatic N) is 1. The third-order valence-electron chi connectivity index (χ3n) is 5.03. The van der Waals surface area contributed by atoms with Gasteiger partial charge in [-0.15, -0.1) is 0 Å². The first-order chi connectivity index (χ1) is 15.4. The molecule has 0 aliphatic heterocycles. The lowest BCUT2D eigenvalue weighted by molar-refractivity contribution is -0.148. The highest BCUT2D eigenvalue weighted by atomic mass is 35.5. The maximum atomic E-state index is 12.7. The molecule has 1 aliphatic rings. The molecule has 1 amide bonds. The van der Waals surface area contributed by atoms with Gasteiger partial charge in [-0.2, -0.15) is 0 Å². The highest BCUT2D eigenvalue weighted by Gasteiger charge is 2.32. The molecular weight excluding hydrogens is 434 g/mol. The predicted octanol–water partition coefficient (Wildman–Crippen LogP) is 4.11. The van der Waals surface area contributed by atoms with E-state index in [-0.39, 0.29) is 18.6 Å². The zero-order valence-corrected chi connectivity index (χ0v) is 19.1. The molecule has 2 aromatic rings. The van der Waals surface area contributed by atoms with Crippen LogP contribution in [0.1, 0.15) is 24.0 Å². The summed E-state index contributed by atoms with van der Waals surface area (Å²) in [6, 6.07) is 11.1. The summed E-state index contributed by atoms with van der Waals surface area (Å²) in [6.07, 6.45) is 4.69. The topological polar surface area (TPSA) is 74.3 Å². The van der Waals surface area contributed by atoms with Crippen molar-refractivity contribution in [2.45, 2.75) is 25.4 Å². The van der Waals surface area contributed by atoms with Gasteiger partial charge in [0.05, 0.1) is 26.4 Å². The first-order valence-corrected chi connectivity index (χ1v) is 10.5. The standard InChI is InChI=1S/C24H26ClNO6/c1-29-19-9-4-16(5-10-19)14-26(18-7-8-18)22(27)15-32-23(28)11-6-17-12-20(25)24(31-3)21(13-17)30-2/h4-6,9-13,18H,7-8,14-15H2,1-3H3/b11-6+. The molecule has 0 heterocycles. The van der Waals surface area contributed by atoms with Crippen LogP contribution in [0.5, 0.6) is 17.2 Å². The van der Waals surface area contributed by atoms with Crippen molar-refractivity contribution in [3.8, 4) is 17.2 Å². The summed E-state index contributed by atoms with van der Waals surface area (Å²) in [7, 11) is 4.60. The summed E-state index contributed by atoms with van der Waals surface area (Å²) in [5, 5.41) is 0.355. The Labute approximate surface area is 192 Å². The molecule has 1 saturated carbocycles. The van der Waals surface area contributed by atoms with Crippen molar-refractivity contribution in [3.63, 3.8) is 0 Å². The van der Waals surface area contributed by atoms with Gasteiger partial charge in [-0.3, -0.25) is 4.79 Å². The number of methoxy groups -OCH3 is 3. The Hall–Kier alpha value is -3.19. The van der Waals surface area contributed by atoms with Gasteiger partial charge in [0.15, 0.2) is 18.1 Å². The minimum atomic E-state index is -0.621. The van der Waals surface area contributed by atoms with Crippen LogP contribution in [0.4, 0.5) is 0 Å². The van der Waals surface area contributed by atoms with Crippen LogP contribution in [0, 0.1) is 0 Å². The minimum Gasteiger partial charge on any atom is -0.497 e. The summed E-state index contributed by atoms with van der Waals surface area (Å²) in [6.45, 7) is 0.146. The van der Waals surface area contributed by atoms with Crippen molar-refractivity contribution in [2.75, 3.05) is 27.9 Å². The Morgan fingerprint density at radius 2 is 1.78 bits per heavy atom. The molecule has 8 heteroatoms. The number of hydrogen-bond acceptors (Lipinski definition) is 6. The molecule has 32 heavy (non-hydrogen) atoms. The molecule has 0 radical (unpaired) electrons. The van der Waals surface area contributed by atoms with Crippen molar-refractivity contribution in [1.82, 2.24) is 4.90 Å². The first kappa shape index (κ1) is 23.5. The Bertz CT molecular complexity index is 985. The fraction of sp³-hybridized carbons (Fsp3) is 0.333. The summed E-state index contributed by atoms with van der Waals surface area (Å²) < 4.78 is 20.8. The molecule has 0 aromatic heterocycles. The van der Waals surface area contributed by atoms with Gasteiger partial charge in [0, 0.05) is 18.7 Å². The number of carbonyl (C=O) groups excluding carboxylic acids is 2. The minimum absolute atomic E-state index is 0.188. The lowest BCUT2D eigenvalue weighted by Gasteiger charge is -2.22. The fourth-order valence-electron chi connectivity index (χ4n) is 3.20. The molecule has 1 fully saturated rings. The van der Waals surface area contributed by atoms with E-state index in [1.54, 1.807) is 24.1 Å². The number of amides is 1. The van der Waals surface area contributed by atoms with Gasteiger partial charge < -0.3 is 23.8 Å². The van der Waals surface area contributed by atoms with Crippen molar-refractivity contribution in [3.05, 3.63) is 58.6 Å². The second-order valence-corrected chi connectivity index (χ2v) is 7.69. The Balaban J connectivity index is 1.57. The van der Waals surface area contributed by atoms with E-state index in [9.17, 15) is 9.59 Å². The van der Waals surface area contributed by atoms with Gasteiger partial charge in [-0.05, 0) is 54.3 Å². The summed E-state index contributed by atoms with van der Waals surface area (Å²) >= 11 is 6.17. The molecule has 0 N–H and O–H groups in total. The third-order valence-corrected chi connectivity index (χ3v) is 5.31. The van der Waals surface area contributed by atoms with Crippen LogP contribution in [0.15, 0.2) is 42.5 Å². The first-order valence-electron chi connectivity index (χ1n) is 10.1. The Morgan fingerprint density at radius 1 is 1.06 bits per heavy atom. The lowest BCUT2D eigenvalue weighted by Crippen LogP contribution is -2.35. The largest absolute Gasteiger partial charge is 0.497 e. The predicted molar refractivity (Wildman–Crippen MR) is 121 cm³/mol. The van der Waals surface area contributed by atoms with E-state index in [0.29, 0.717) is 28.6 Å². The van der Waals surface area contributed by atoms with Gasteiger partial charge in [-0.1, -0.05) is 23.7 Å². The van der Waals surface area contributed by atoms with Crippen LogP contribution < -0.4 is 14.2 Å². The number of ether oxygens (including phenoxy) is 4. The highest BCUT2D eigenvalue weighted by Crippen LogP contribution is 2.36. The van der Waals surface area contributed by atoms with Gasteiger partial charge in [0.2, 0.25) is 0 Å². The number of esters is 1. The van der Waals surface area contributed by atoms with E-state index >= 15 is 0 Å². The van der Waals surface area contributed by atoms with Crippen molar-refractivity contribution in [2.24, 2.45) is 0 Å². The summed E-state index contributed by atoms with van der Waals surface area (Å²) in [5.74, 6) is 0.775. The Morgan fingerprint density at radius 3 is 2.38 bits per heavy atom. The number of carbonyl (C=O) groups is 2. The molecule has 170 valence electrons. The van der Waals surface area contributed by atoms with E-state index in [4.69, 9.17) is 30.5 Å². The monoisotopic (exact) mass is 459 g/mol. The van der Waals surface area contributed by atoms with Crippen LogP contribution in [0.2, 0.25) is 5.02 Å². The second kappa shape index (κ2) is 10.9. The maximum Gasteiger partial charge on any atom is 0.331 e. The zero-order valence-electron chi connectivity index (χ0n) is 18.3. The van der Waals surface area contributed by atoms with Crippen LogP contribution in [-0.4, -0.2) is 50.8 Å². The molecule has 0 atom stereocenters. The molecule has 3 rings (SSSR count). The second-order valence-electron chi connectivity index (χ2n) is 7.28. The van der Waals surface area contributed by atoms with Gasteiger partial charge in [-0.25, -0.2) is 4.79 Å². The summed E-state index contributed by atoms with van der Waals surface area (Å²) in [5.41, 5.74) is 1.62. The highest BCUT2D eigenvalue weighted by molar-refractivity contribution is 6.32. The van der Waals surface area contributed by atoms with Gasteiger partial charge >= 0.3 is 5.97 Å². The quantitative estimate of drug-likeness (QED) is 0.393. The maximum absolute atomic E-state index is 12.7. The van der Waals surface area contributed by atoms with Gasteiger partial charge in [0.25, 0.3) is 5.91 Å². The fourth-order valence-corrected chi connectivity index (χ4v) is 3.49. The van der Waals surface area contributed by atoms with E-state index in [1.807, 2.05) is 24.3 Å². The third kappa shape index (κ3) is 6.17. The molecule has 0 saturated heterocycles. The molecule has 1 aliphatic carbocycles. The zero-order chi connectivity index (χ0) is 23.1. The van der Waals surface area contributed by atoms with E-state index < -0.39 is 5.97 Å². The normalized spacial score (nSPS) is 13.0. The number of hydrogen-bond donors (Lipinski definition) is 0. The van der Waals surface area contributed by atoms with Crippen molar-refractivity contribution in [1.29, 1.82) is 0 Å². The molecular formula is C24H26ClNO6. The van der Waals surface area contributed by atoms with E-state index in [1.165, 1.54) is 26.4 Å². The average molecular weight is 460 g/mol. The number of benzene rings is 2. The Kier molecular flexibility index (Phi) is 8.00. The van der Waals surface area contributed by atoms with E-state index in [2.05, 4.69) is 0 Å². The van der Waals surface area contributed by atoms with Crippen molar-refractivity contribution >= 4 is 29.6 Å². The summed E-state index contributed by atoms with van der Waals surface area (Å²) in [4.78, 5) is 26.6. The van der Waals surface area contributed by atoms with E-state index in [0.717, 1.165) is 24.2 Å². The number of rotatable bonds is 10. The molecule has 0 bridgehead atoms. The smallest absolute Gasteiger partial charge is 0.331 e. The van der Waals surface area contributed by atoms with Crippen LogP contribution in [-0.2, 0) is 20.9 Å². The number of halogens is 1. The van der Waals surface area contributed by atoms with Gasteiger partial charge in [0.1, 0.15) is 5.75 Å². The van der Waals surface area contributed by atoms with Crippen molar-refractivity contribution < 1.29 is 28.5 Å². The van der Waals surface area contributed by atoms with Crippen LogP contribution in [0.25, 0.3) is 6.08 Å². The van der Waals surface area contributed by atoms with Crippen LogP contribution in [0.3, 0.4) is 0 Å². The molecule has 7 nitrogen and oxygen atoms in total.